The third-order valence-corrected chi connectivity index (χ3v) is 5.40. The fourth-order valence-corrected chi connectivity index (χ4v) is 4.01. The molecule has 3 rings (SSSR count). The number of hydrogen-bond donors (Lipinski definition) is 1. The molecule has 0 unspecified atom stereocenters. The largest absolute Gasteiger partial charge is 0.502 e. The number of esters is 1. The van der Waals surface area contributed by atoms with Gasteiger partial charge in [0.1, 0.15) is 11.6 Å². The van der Waals surface area contributed by atoms with Gasteiger partial charge in [-0.2, -0.15) is 0 Å². The maximum atomic E-state index is 14.0. The Hall–Kier alpha value is -2.62. The minimum Gasteiger partial charge on any atom is -0.502 e. The van der Waals surface area contributed by atoms with Crippen LogP contribution in [0.4, 0.5) is 14.7 Å². The number of carbonyl (C=O) groups excluding carboxylic acids is 1. The smallest absolute Gasteiger partial charge is 0.308 e. The highest BCUT2D eigenvalue weighted by Gasteiger charge is 2.37. The molecule has 134 valence electrons. The van der Waals surface area contributed by atoms with Crippen molar-refractivity contribution in [2.45, 2.75) is 13.3 Å². The predicted molar refractivity (Wildman–Crippen MR) is 82.8 cm³/mol. The molecule has 0 spiro atoms. The molecule has 0 atom stereocenters. The fourth-order valence-electron chi connectivity index (χ4n) is 2.52. The van der Waals surface area contributed by atoms with E-state index in [1.54, 1.807) is 0 Å². The molecule has 0 saturated carbocycles. The molecule has 0 amide bonds. The van der Waals surface area contributed by atoms with Gasteiger partial charge in [-0.05, 0) is 18.6 Å². The summed E-state index contributed by atoms with van der Waals surface area (Å²) in [5, 5.41) is 10.3. The van der Waals surface area contributed by atoms with E-state index >= 15 is 0 Å². The van der Waals surface area contributed by atoms with E-state index in [-0.39, 0.29) is 17.9 Å². The summed E-state index contributed by atoms with van der Waals surface area (Å²) in [6.07, 6.45) is 0.309. The first-order valence-electron chi connectivity index (χ1n) is 7.20. The standard InChI is InChI=1S/C15H13F2NO6S/c1-8(19)23-14-12(20)13(10-4-3-9(16)7-11(10)17)24-15(14)18-5-2-6-25(18,21)22/h3-4,7,20H,2,5-6H2,1H3. The normalized spacial score (nSPS) is 16.2. The first kappa shape index (κ1) is 17.2. The van der Waals surface area contributed by atoms with Crippen molar-refractivity contribution in [2.75, 3.05) is 16.6 Å². The molecular weight excluding hydrogens is 360 g/mol. The average molecular weight is 373 g/mol. The van der Waals surface area contributed by atoms with E-state index in [0.717, 1.165) is 23.4 Å². The van der Waals surface area contributed by atoms with Gasteiger partial charge in [0.05, 0.1) is 11.3 Å². The molecule has 25 heavy (non-hydrogen) atoms. The van der Waals surface area contributed by atoms with Crippen LogP contribution >= 0.6 is 0 Å². The summed E-state index contributed by atoms with van der Waals surface area (Å²) in [6.45, 7) is 1.10. The number of halogens is 2. The highest BCUT2D eigenvalue weighted by Crippen LogP contribution is 2.49. The lowest BCUT2D eigenvalue weighted by Gasteiger charge is -2.14. The van der Waals surface area contributed by atoms with Crippen LogP contribution in [-0.2, 0) is 14.8 Å². The van der Waals surface area contributed by atoms with Gasteiger partial charge in [-0.25, -0.2) is 21.5 Å². The Bertz CT molecular complexity index is 953. The van der Waals surface area contributed by atoms with Crippen LogP contribution < -0.4 is 9.04 Å². The Morgan fingerprint density at radius 3 is 2.64 bits per heavy atom. The summed E-state index contributed by atoms with van der Waals surface area (Å²) < 4.78 is 62.3. The molecule has 1 aliphatic rings. The molecule has 10 heteroatoms. The van der Waals surface area contributed by atoms with E-state index in [1.165, 1.54) is 0 Å². The third kappa shape index (κ3) is 3.04. The van der Waals surface area contributed by atoms with Crippen molar-refractivity contribution in [1.82, 2.24) is 0 Å². The second-order valence-electron chi connectivity index (χ2n) is 5.37. The van der Waals surface area contributed by atoms with E-state index in [0.29, 0.717) is 12.5 Å². The van der Waals surface area contributed by atoms with Crippen molar-refractivity contribution in [3.05, 3.63) is 29.8 Å². The molecule has 0 radical (unpaired) electrons. The number of ether oxygens (including phenoxy) is 1. The van der Waals surface area contributed by atoms with E-state index in [9.17, 15) is 27.1 Å². The molecule has 2 heterocycles. The number of sulfonamides is 1. The van der Waals surface area contributed by atoms with Crippen LogP contribution in [0.5, 0.6) is 11.5 Å². The fraction of sp³-hybridized carbons (Fsp3) is 0.267. The summed E-state index contributed by atoms with van der Waals surface area (Å²) in [5.41, 5.74) is -0.310. The maximum absolute atomic E-state index is 14.0. The predicted octanol–water partition coefficient (Wildman–Crippen LogP) is 2.40. The number of rotatable bonds is 3. The Balaban J connectivity index is 2.20. The monoisotopic (exact) mass is 373 g/mol. The van der Waals surface area contributed by atoms with Crippen molar-refractivity contribution >= 4 is 21.9 Å². The molecule has 1 aliphatic heterocycles. The van der Waals surface area contributed by atoms with Crippen molar-refractivity contribution in [2.24, 2.45) is 0 Å². The molecule has 0 bridgehead atoms. The minimum atomic E-state index is -3.72. The number of anilines is 1. The van der Waals surface area contributed by atoms with Gasteiger partial charge >= 0.3 is 5.97 Å². The first-order valence-corrected chi connectivity index (χ1v) is 8.81. The average Bonchev–Trinajstić information content (AvgIpc) is 3.00. The third-order valence-electron chi connectivity index (χ3n) is 3.57. The summed E-state index contributed by atoms with van der Waals surface area (Å²) in [5.74, 6) is -5.03. The van der Waals surface area contributed by atoms with Gasteiger partial charge < -0.3 is 14.3 Å². The zero-order valence-corrected chi connectivity index (χ0v) is 13.8. The summed E-state index contributed by atoms with van der Waals surface area (Å²) >= 11 is 0. The van der Waals surface area contributed by atoms with Crippen molar-refractivity contribution in [3.63, 3.8) is 0 Å². The highest BCUT2D eigenvalue weighted by molar-refractivity contribution is 7.93. The number of aromatic hydroxyl groups is 1. The molecule has 1 fully saturated rings. The van der Waals surface area contributed by atoms with Gasteiger partial charge in [0.25, 0.3) is 5.88 Å². The molecule has 2 aromatic rings. The van der Waals surface area contributed by atoms with Gasteiger partial charge in [-0.1, -0.05) is 0 Å². The molecule has 1 aromatic carbocycles. The van der Waals surface area contributed by atoms with E-state index < -0.39 is 50.8 Å². The molecule has 1 aromatic heterocycles. The second kappa shape index (κ2) is 6.03. The van der Waals surface area contributed by atoms with Gasteiger partial charge in [-0.15, -0.1) is 0 Å². The lowest BCUT2D eigenvalue weighted by molar-refractivity contribution is -0.132. The summed E-state index contributed by atoms with van der Waals surface area (Å²) in [6, 6.07) is 2.54. The van der Waals surface area contributed by atoms with E-state index in [4.69, 9.17) is 9.15 Å². The molecular formula is C15H13F2NO6S. The van der Waals surface area contributed by atoms with E-state index in [1.807, 2.05) is 0 Å². The highest BCUT2D eigenvalue weighted by atomic mass is 32.2. The van der Waals surface area contributed by atoms with Crippen LogP contribution in [0, 0.1) is 11.6 Å². The molecule has 0 aliphatic carbocycles. The van der Waals surface area contributed by atoms with Crippen LogP contribution in [-0.4, -0.2) is 31.8 Å². The van der Waals surface area contributed by atoms with Crippen molar-refractivity contribution in [3.8, 4) is 22.8 Å². The number of furan rings is 1. The number of carbonyl (C=O) groups is 1. The van der Waals surface area contributed by atoms with Crippen LogP contribution in [0.15, 0.2) is 22.6 Å². The molecule has 1 saturated heterocycles. The maximum Gasteiger partial charge on any atom is 0.308 e. The lowest BCUT2D eigenvalue weighted by atomic mass is 10.1. The number of hydrogen-bond acceptors (Lipinski definition) is 6. The molecule has 1 N–H and O–H groups in total. The summed E-state index contributed by atoms with van der Waals surface area (Å²) in [7, 11) is -3.72. The van der Waals surface area contributed by atoms with Crippen molar-refractivity contribution < 1.29 is 36.3 Å². The number of benzene rings is 1. The SMILES string of the molecule is CC(=O)Oc1c(N2CCCS2(=O)=O)oc(-c2ccc(F)cc2F)c1O. The second-order valence-corrected chi connectivity index (χ2v) is 7.39. The Labute approximate surface area is 141 Å². The Kier molecular flexibility index (Phi) is 4.15. The van der Waals surface area contributed by atoms with Gasteiger partial charge in [-0.3, -0.25) is 4.79 Å². The lowest BCUT2D eigenvalue weighted by Crippen LogP contribution is -2.25. The van der Waals surface area contributed by atoms with Gasteiger partial charge in [0.15, 0.2) is 5.76 Å². The first-order chi connectivity index (χ1) is 11.7. The quantitative estimate of drug-likeness (QED) is 0.830. The van der Waals surface area contributed by atoms with Crippen LogP contribution in [0.25, 0.3) is 11.3 Å². The molecule has 7 nitrogen and oxygen atoms in total. The number of nitrogens with zero attached hydrogens (tertiary/aromatic N) is 1. The summed E-state index contributed by atoms with van der Waals surface area (Å²) in [4.78, 5) is 11.3. The van der Waals surface area contributed by atoms with Crippen LogP contribution in [0.3, 0.4) is 0 Å². The zero-order valence-electron chi connectivity index (χ0n) is 13.0. The Morgan fingerprint density at radius 1 is 1.36 bits per heavy atom. The minimum absolute atomic E-state index is 0.0505. The van der Waals surface area contributed by atoms with Gasteiger partial charge in [0.2, 0.25) is 21.5 Å². The topological polar surface area (TPSA) is 97.0 Å². The Morgan fingerprint density at radius 2 is 2.08 bits per heavy atom. The van der Waals surface area contributed by atoms with E-state index in [2.05, 4.69) is 0 Å². The van der Waals surface area contributed by atoms with Crippen molar-refractivity contribution in [1.29, 1.82) is 0 Å². The van der Waals surface area contributed by atoms with Crippen LogP contribution in [0.2, 0.25) is 0 Å². The van der Waals surface area contributed by atoms with Gasteiger partial charge in [0, 0.05) is 19.5 Å². The zero-order chi connectivity index (χ0) is 18.4. The van der Waals surface area contributed by atoms with Crippen LogP contribution in [0.1, 0.15) is 13.3 Å².